The van der Waals surface area contributed by atoms with Crippen molar-refractivity contribution in [3.05, 3.63) is 41.6 Å². The highest BCUT2D eigenvalue weighted by atomic mass is 16.6. The Kier molecular flexibility index (Phi) is 7.25. The van der Waals surface area contributed by atoms with Gasteiger partial charge in [0.1, 0.15) is 11.5 Å². The number of carbonyl (C=O) groups excluding carboxylic acids is 4. The minimum Gasteiger partial charge on any atom is -0.465 e. The summed E-state index contributed by atoms with van der Waals surface area (Å²) in [6.07, 6.45) is 1.42. The Balaban J connectivity index is 2.90. The molecule has 8 heteroatoms. The lowest BCUT2D eigenvalue weighted by molar-refractivity contribution is -0.173. The Morgan fingerprint density at radius 3 is 2.23 bits per heavy atom. The van der Waals surface area contributed by atoms with Gasteiger partial charge in [0.05, 0.1) is 13.2 Å². The lowest BCUT2D eigenvalue weighted by Crippen LogP contribution is -2.56. The molecule has 1 N–H and O–H groups in total. The summed E-state index contributed by atoms with van der Waals surface area (Å²) >= 11 is 0. The van der Waals surface area contributed by atoms with Gasteiger partial charge in [-0.1, -0.05) is 18.2 Å². The van der Waals surface area contributed by atoms with Crippen molar-refractivity contribution in [2.24, 2.45) is 5.92 Å². The summed E-state index contributed by atoms with van der Waals surface area (Å²) in [4.78, 5) is 53.0. The molecule has 0 fully saturated rings. The molecule has 1 heterocycles. The van der Waals surface area contributed by atoms with Gasteiger partial charge in [0.25, 0.3) is 5.78 Å². The minimum absolute atomic E-state index is 0.0595. The van der Waals surface area contributed by atoms with E-state index < -0.39 is 40.6 Å². The van der Waals surface area contributed by atoms with Gasteiger partial charge in [-0.25, -0.2) is 4.79 Å². The van der Waals surface area contributed by atoms with Crippen LogP contribution in [0.15, 0.2) is 36.0 Å². The average Bonchev–Trinajstić information content (AvgIpc) is 2.80. The second-order valence-electron chi connectivity index (χ2n) is 8.11. The zero-order valence-electron chi connectivity index (χ0n) is 18.7. The van der Waals surface area contributed by atoms with Crippen molar-refractivity contribution in [1.82, 2.24) is 0 Å². The van der Waals surface area contributed by atoms with E-state index in [0.29, 0.717) is 11.4 Å². The quantitative estimate of drug-likeness (QED) is 0.317. The zero-order valence-corrected chi connectivity index (χ0v) is 18.7. The van der Waals surface area contributed by atoms with E-state index in [-0.39, 0.29) is 18.8 Å². The van der Waals surface area contributed by atoms with Crippen molar-refractivity contribution in [2.45, 2.75) is 52.6 Å². The van der Waals surface area contributed by atoms with E-state index in [1.54, 1.807) is 59.7 Å². The van der Waals surface area contributed by atoms with E-state index in [1.165, 1.54) is 12.1 Å². The summed E-state index contributed by atoms with van der Waals surface area (Å²) in [5.74, 6) is -5.74. The van der Waals surface area contributed by atoms with Crippen LogP contribution in [0.5, 0.6) is 0 Å². The number of esters is 3. The van der Waals surface area contributed by atoms with E-state index in [0.717, 1.165) is 0 Å². The Morgan fingerprint density at radius 1 is 1.03 bits per heavy atom. The number of benzene rings is 1. The minimum atomic E-state index is -2.31. The second kappa shape index (κ2) is 9.32. The molecule has 0 radical (unpaired) electrons. The van der Waals surface area contributed by atoms with Gasteiger partial charge < -0.3 is 19.5 Å². The maximum absolute atomic E-state index is 13.6. The molecular formula is C23H29NO7. The first-order valence-electron chi connectivity index (χ1n) is 10.2. The van der Waals surface area contributed by atoms with Gasteiger partial charge in [-0.3, -0.25) is 14.4 Å². The van der Waals surface area contributed by atoms with E-state index in [2.05, 4.69) is 5.32 Å². The zero-order chi connectivity index (χ0) is 23.4. The molecule has 0 aliphatic carbocycles. The number of ether oxygens (including phenoxy) is 3. The van der Waals surface area contributed by atoms with Crippen molar-refractivity contribution in [2.75, 3.05) is 18.5 Å². The Labute approximate surface area is 181 Å². The molecule has 2 atom stereocenters. The first-order chi connectivity index (χ1) is 14.5. The van der Waals surface area contributed by atoms with E-state index in [4.69, 9.17) is 14.2 Å². The third kappa shape index (κ3) is 4.78. The van der Waals surface area contributed by atoms with Crippen molar-refractivity contribution < 1.29 is 33.4 Å². The van der Waals surface area contributed by atoms with Crippen molar-refractivity contribution in [1.29, 1.82) is 0 Å². The number of hydrogen-bond donors (Lipinski definition) is 1. The van der Waals surface area contributed by atoms with Gasteiger partial charge in [-0.2, -0.15) is 0 Å². The number of hydrogen-bond acceptors (Lipinski definition) is 8. The molecule has 0 bridgehead atoms. The monoisotopic (exact) mass is 431 g/mol. The molecule has 0 aromatic heterocycles. The lowest BCUT2D eigenvalue weighted by Gasteiger charge is -2.35. The van der Waals surface area contributed by atoms with Crippen LogP contribution in [0.25, 0.3) is 0 Å². The number of anilines is 1. The van der Waals surface area contributed by atoms with E-state index >= 15 is 0 Å². The standard InChI is InChI=1S/C23H29NO7/c1-7-29-20(27)18(25)23(21(28)30-8-2)15-11-9-10-12-17(15)24-14(3)13-16(23)19(26)31-22(4,5)6/h9-13,16,24H,7-8H2,1-6H3. The highest BCUT2D eigenvalue weighted by molar-refractivity contribution is 6.43. The average molecular weight is 431 g/mol. The van der Waals surface area contributed by atoms with Gasteiger partial charge in [0, 0.05) is 16.9 Å². The molecule has 1 aliphatic heterocycles. The largest absolute Gasteiger partial charge is 0.465 e. The molecule has 8 nitrogen and oxygen atoms in total. The van der Waals surface area contributed by atoms with Crippen LogP contribution in [0.4, 0.5) is 5.69 Å². The molecule has 0 saturated carbocycles. The Morgan fingerprint density at radius 2 is 1.65 bits per heavy atom. The summed E-state index contributed by atoms with van der Waals surface area (Å²) in [5.41, 5.74) is -2.17. The topological polar surface area (TPSA) is 108 Å². The summed E-state index contributed by atoms with van der Waals surface area (Å²) in [6.45, 7) is 9.68. The Bertz CT molecular complexity index is 913. The molecular weight excluding hydrogens is 402 g/mol. The Hall–Kier alpha value is -3.16. The fourth-order valence-electron chi connectivity index (χ4n) is 3.54. The predicted octanol–water partition coefficient (Wildman–Crippen LogP) is 2.91. The molecule has 2 rings (SSSR count). The second-order valence-corrected chi connectivity index (χ2v) is 8.11. The number of allylic oxidation sites excluding steroid dienone is 1. The fraction of sp³-hybridized carbons (Fsp3) is 0.478. The lowest BCUT2D eigenvalue weighted by atomic mass is 9.66. The summed E-state index contributed by atoms with van der Waals surface area (Å²) in [5, 5.41) is 3.09. The van der Waals surface area contributed by atoms with Crippen molar-refractivity contribution >= 4 is 29.4 Å². The van der Waals surface area contributed by atoms with E-state index in [1.807, 2.05) is 0 Å². The molecule has 0 spiro atoms. The van der Waals surface area contributed by atoms with Gasteiger partial charge >= 0.3 is 17.9 Å². The molecule has 0 saturated heterocycles. The number of Topliss-reactive ketones (excluding diaryl/α,β-unsaturated/α-hetero) is 1. The third-order valence-corrected chi connectivity index (χ3v) is 4.64. The number of ketones is 1. The van der Waals surface area contributed by atoms with Crippen LogP contribution < -0.4 is 5.32 Å². The number of rotatable bonds is 6. The van der Waals surface area contributed by atoms with Crippen LogP contribution in [-0.4, -0.2) is 42.5 Å². The highest BCUT2D eigenvalue weighted by Crippen LogP contribution is 2.44. The first kappa shape index (κ1) is 24.1. The number of para-hydroxylation sites is 1. The molecule has 1 aliphatic rings. The maximum Gasteiger partial charge on any atom is 0.376 e. The van der Waals surface area contributed by atoms with Gasteiger partial charge in [-0.15, -0.1) is 0 Å². The highest BCUT2D eigenvalue weighted by Gasteiger charge is 2.62. The van der Waals surface area contributed by atoms with Crippen molar-refractivity contribution in [3.8, 4) is 0 Å². The van der Waals surface area contributed by atoms with Crippen LogP contribution in [0.1, 0.15) is 47.1 Å². The number of fused-ring (bicyclic) bond motifs is 1. The fourth-order valence-corrected chi connectivity index (χ4v) is 3.54. The number of carbonyl (C=O) groups is 4. The van der Waals surface area contributed by atoms with Crippen LogP contribution in [0, 0.1) is 5.92 Å². The summed E-state index contributed by atoms with van der Waals surface area (Å²) < 4.78 is 15.7. The maximum atomic E-state index is 13.6. The molecule has 1 aromatic rings. The molecule has 2 unspecified atom stereocenters. The van der Waals surface area contributed by atoms with Gasteiger partial charge in [0.15, 0.2) is 5.41 Å². The smallest absolute Gasteiger partial charge is 0.376 e. The number of nitrogens with one attached hydrogen (secondary N) is 1. The molecule has 168 valence electrons. The van der Waals surface area contributed by atoms with Crippen LogP contribution in [-0.2, 0) is 38.8 Å². The molecule has 1 aromatic carbocycles. The SMILES string of the molecule is CCOC(=O)C(=O)C1(C(=O)OCC)c2ccccc2NC(C)=CC1C(=O)OC(C)(C)C. The third-order valence-electron chi connectivity index (χ3n) is 4.64. The first-order valence-corrected chi connectivity index (χ1v) is 10.2. The van der Waals surface area contributed by atoms with Gasteiger partial charge in [0.2, 0.25) is 0 Å². The van der Waals surface area contributed by atoms with Crippen LogP contribution >= 0.6 is 0 Å². The molecule has 0 amide bonds. The summed E-state index contributed by atoms with van der Waals surface area (Å²) in [6, 6.07) is 6.48. The predicted molar refractivity (Wildman–Crippen MR) is 113 cm³/mol. The molecule has 31 heavy (non-hydrogen) atoms. The van der Waals surface area contributed by atoms with E-state index in [9.17, 15) is 19.2 Å². The summed E-state index contributed by atoms with van der Waals surface area (Å²) in [7, 11) is 0. The van der Waals surface area contributed by atoms with Crippen molar-refractivity contribution in [3.63, 3.8) is 0 Å². The van der Waals surface area contributed by atoms with Crippen LogP contribution in [0.2, 0.25) is 0 Å². The van der Waals surface area contributed by atoms with Gasteiger partial charge in [-0.05, 0) is 53.7 Å². The van der Waals surface area contributed by atoms with Crippen LogP contribution in [0.3, 0.4) is 0 Å². The normalized spacial score (nSPS) is 20.3.